The van der Waals surface area contributed by atoms with Crippen molar-refractivity contribution in [2.75, 3.05) is 6.61 Å². The van der Waals surface area contributed by atoms with Crippen molar-refractivity contribution in [3.05, 3.63) is 83.9 Å². The average Bonchev–Trinajstić information content (AvgIpc) is 2.86. The summed E-state index contributed by atoms with van der Waals surface area (Å²) in [5.74, 6) is -0.116. The van der Waals surface area contributed by atoms with E-state index in [1.54, 1.807) is 17.8 Å². The number of rotatable bonds is 7. The minimum Gasteiger partial charge on any atom is -0.479 e. The molecule has 2 aliphatic rings. The van der Waals surface area contributed by atoms with Gasteiger partial charge in [0.1, 0.15) is 5.75 Å². The van der Waals surface area contributed by atoms with E-state index in [4.69, 9.17) is 9.47 Å². The van der Waals surface area contributed by atoms with E-state index in [9.17, 15) is 8.78 Å². The Balaban J connectivity index is 1.44. The second-order valence-corrected chi connectivity index (χ2v) is 10.5. The first-order chi connectivity index (χ1) is 16.6. The summed E-state index contributed by atoms with van der Waals surface area (Å²) in [5, 5.41) is 0. The fourth-order valence-electron chi connectivity index (χ4n) is 5.08. The van der Waals surface area contributed by atoms with Crippen molar-refractivity contribution in [3.63, 3.8) is 0 Å². The van der Waals surface area contributed by atoms with Gasteiger partial charge in [0.15, 0.2) is 17.1 Å². The molecule has 2 heterocycles. The van der Waals surface area contributed by atoms with E-state index < -0.39 is 11.6 Å². The standard InChI is InChI=1S/C29H30F2O2S/c1-2-3-5-8-19-15-24-28(32-18-19)23-13-11-21(20-12-14-25(30)26(31)16-20)17-27(23)33-29(24)34-22-9-6-4-7-10-22/h4,6-7,9-14,16-17,19,24,28-29H,2-3,5,8,15,18H2,1H3. The van der Waals surface area contributed by atoms with Gasteiger partial charge in [-0.3, -0.25) is 0 Å². The van der Waals surface area contributed by atoms with Crippen molar-refractivity contribution in [1.29, 1.82) is 0 Å². The Morgan fingerprint density at radius 3 is 2.50 bits per heavy atom. The summed E-state index contributed by atoms with van der Waals surface area (Å²) in [7, 11) is 0. The predicted molar refractivity (Wildman–Crippen MR) is 133 cm³/mol. The van der Waals surface area contributed by atoms with E-state index in [1.165, 1.54) is 36.6 Å². The van der Waals surface area contributed by atoms with Crippen LogP contribution in [0.3, 0.4) is 0 Å². The number of hydrogen-bond donors (Lipinski definition) is 0. The smallest absolute Gasteiger partial charge is 0.159 e. The van der Waals surface area contributed by atoms with Crippen LogP contribution in [0.2, 0.25) is 0 Å². The SMILES string of the molecule is CCCCCC1COC2c3ccc(-c4ccc(F)c(F)c4)cc3OC(Sc3ccccc3)C2C1. The number of unbranched alkanes of at least 4 members (excludes halogenated alkanes) is 2. The van der Waals surface area contributed by atoms with Gasteiger partial charge >= 0.3 is 0 Å². The van der Waals surface area contributed by atoms with Gasteiger partial charge in [-0.05, 0) is 60.2 Å². The Hall–Kier alpha value is -2.37. The molecule has 5 heteroatoms. The van der Waals surface area contributed by atoms with Gasteiger partial charge in [0.25, 0.3) is 0 Å². The molecule has 5 rings (SSSR count). The molecule has 2 aliphatic heterocycles. The second kappa shape index (κ2) is 10.5. The van der Waals surface area contributed by atoms with Crippen molar-refractivity contribution in [3.8, 4) is 16.9 Å². The third-order valence-electron chi connectivity index (χ3n) is 6.88. The first-order valence-electron chi connectivity index (χ1n) is 12.2. The van der Waals surface area contributed by atoms with Gasteiger partial charge in [0.2, 0.25) is 0 Å². The predicted octanol–water partition coefficient (Wildman–Crippen LogP) is 8.42. The van der Waals surface area contributed by atoms with E-state index in [2.05, 4.69) is 19.1 Å². The van der Waals surface area contributed by atoms with Crippen LogP contribution in [0, 0.1) is 23.5 Å². The first-order valence-corrected chi connectivity index (χ1v) is 13.1. The van der Waals surface area contributed by atoms with E-state index in [-0.39, 0.29) is 17.5 Å². The molecule has 4 unspecified atom stereocenters. The molecule has 2 nitrogen and oxygen atoms in total. The largest absolute Gasteiger partial charge is 0.479 e. The minimum absolute atomic E-state index is 0.0219. The Kier molecular flexibility index (Phi) is 7.21. The van der Waals surface area contributed by atoms with E-state index in [0.717, 1.165) is 36.0 Å². The summed E-state index contributed by atoms with van der Waals surface area (Å²) in [5.41, 5.74) is 2.40. The Bertz CT molecular complexity index is 1120. The Labute approximate surface area is 204 Å². The zero-order valence-corrected chi connectivity index (χ0v) is 20.2. The number of fused-ring (bicyclic) bond motifs is 3. The lowest BCUT2D eigenvalue weighted by Gasteiger charge is -2.44. The number of halogens is 2. The van der Waals surface area contributed by atoms with Gasteiger partial charge in [-0.2, -0.15) is 0 Å². The lowest BCUT2D eigenvalue weighted by molar-refractivity contribution is -0.0903. The van der Waals surface area contributed by atoms with Crippen LogP contribution in [0.25, 0.3) is 11.1 Å². The average molecular weight is 481 g/mol. The summed E-state index contributed by atoms with van der Waals surface area (Å²) in [4.78, 5) is 1.17. The number of thioether (sulfide) groups is 1. The summed E-state index contributed by atoms with van der Waals surface area (Å²) in [6.45, 7) is 3.01. The number of ether oxygens (including phenoxy) is 2. The van der Waals surface area contributed by atoms with Gasteiger partial charge in [0, 0.05) is 16.4 Å². The molecular weight excluding hydrogens is 450 g/mol. The molecule has 34 heavy (non-hydrogen) atoms. The third kappa shape index (κ3) is 5.01. The molecule has 3 aromatic rings. The zero-order chi connectivity index (χ0) is 23.5. The highest BCUT2D eigenvalue weighted by Gasteiger charge is 2.43. The van der Waals surface area contributed by atoms with Crippen LogP contribution in [0.1, 0.15) is 50.7 Å². The first kappa shape index (κ1) is 23.4. The van der Waals surface area contributed by atoms with E-state index in [1.807, 2.05) is 36.4 Å². The molecule has 1 fully saturated rings. The monoisotopic (exact) mass is 480 g/mol. The molecule has 0 saturated carbocycles. The lowest BCUT2D eigenvalue weighted by atomic mass is 9.81. The third-order valence-corrected chi connectivity index (χ3v) is 8.11. The van der Waals surface area contributed by atoms with Crippen LogP contribution in [0.5, 0.6) is 5.75 Å². The molecule has 1 saturated heterocycles. The van der Waals surface area contributed by atoms with Gasteiger partial charge in [-0.15, -0.1) is 0 Å². The maximum absolute atomic E-state index is 13.8. The molecule has 0 bridgehead atoms. The molecule has 3 aromatic carbocycles. The van der Waals surface area contributed by atoms with E-state index >= 15 is 0 Å². The molecule has 0 aliphatic carbocycles. The fraction of sp³-hybridized carbons (Fsp3) is 0.379. The Morgan fingerprint density at radius 1 is 0.912 bits per heavy atom. The topological polar surface area (TPSA) is 18.5 Å². The number of benzene rings is 3. The molecule has 0 aromatic heterocycles. The van der Waals surface area contributed by atoms with Crippen LogP contribution in [-0.2, 0) is 4.74 Å². The van der Waals surface area contributed by atoms with Crippen LogP contribution < -0.4 is 4.74 Å². The van der Waals surface area contributed by atoms with Gasteiger partial charge in [-0.25, -0.2) is 8.78 Å². The van der Waals surface area contributed by atoms with Crippen LogP contribution in [0.15, 0.2) is 71.6 Å². The molecule has 0 N–H and O–H groups in total. The van der Waals surface area contributed by atoms with Crippen LogP contribution in [-0.4, -0.2) is 12.0 Å². The molecule has 0 spiro atoms. The van der Waals surface area contributed by atoms with Crippen LogP contribution in [0.4, 0.5) is 8.78 Å². The second-order valence-electron chi connectivity index (χ2n) is 9.31. The van der Waals surface area contributed by atoms with Gasteiger partial charge < -0.3 is 9.47 Å². The maximum Gasteiger partial charge on any atom is 0.159 e. The minimum atomic E-state index is -0.849. The van der Waals surface area contributed by atoms with Crippen LogP contribution >= 0.6 is 11.8 Å². The molecular formula is C29H30F2O2S. The maximum atomic E-state index is 13.8. The Morgan fingerprint density at radius 2 is 1.71 bits per heavy atom. The summed E-state index contributed by atoms with van der Waals surface area (Å²) < 4.78 is 40.4. The van der Waals surface area contributed by atoms with Gasteiger partial charge in [0.05, 0.1) is 12.7 Å². The van der Waals surface area contributed by atoms with Crippen molar-refractivity contribution in [1.82, 2.24) is 0 Å². The van der Waals surface area contributed by atoms with Crippen molar-refractivity contribution in [2.24, 2.45) is 11.8 Å². The highest BCUT2D eigenvalue weighted by molar-refractivity contribution is 7.99. The molecule has 178 valence electrons. The summed E-state index contributed by atoms with van der Waals surface area (Å²) in [6, 6.07) is 20.2. The molecule has 0 amide bonds. The highest BCUT2D eigenvalue weighted by atomic mass is 32.2. The number of hydrogen-bond acceptors (Lipinski definition) is 3. The zero-order valence-electron chi connectivity index (χ0n) is 19.4. The van der Waals surface area contributed by atoms with Gasteiger partial charge in [-0.1, -0.05) is 74.3 Å². The quantitative estimate of drug-likeness (QED) is 0.316. The fourth-order valence-corrected chi connectivity index (χ4v) is 6.25. The normalized spacial score (nSPS) is 23.6. The van der Waals surface area contributed by atoms with Crippen molar-refractivity contribution in [2.45, 2.75) is 55.5 Å². The van der Waals surface area contributed by atoms with E-state index in [0.29, 0.717) is 11.5 Å². The molecule has 4 atom stereocenters. The summed E-state index contributed by atoms with van der Waals surface area (Å²) in [6.07, 6.45) is 5.99. The highest BCUT2D eigenvalue weighted by Crippen LogP contribution is 2.51. The lowest BCUT2D eigenvalue weighted by Crippen LogP contribution is -2.40. The van der Waals surface area contributed by atoms with Crippen molar-refractivity contribution < 1.29 is 18.3 Å². The van der Waals surface area contributed by atoms with Crippen molar-refractivity contribution >= 4 is 11.8 Å². The molecule has 0 radical (unpaired) electrons. The summed E-state index contributed by atoms with van der Waals surface area (Å²) >= 11 is 1.74.